The number of aromatic nitrogens is 1. The minimum atomic E-state index is -4.45. The Labute approximate surface area is 146 Å². The molecule has 2 aromatic rings. The van der Waals surface area contributed by atoms with E-state index in [1.807, 2.05) is 0 Å². The van der Waals surface area contributed by atoms with E-state index >= 15 is 0 Å². The second-order valence-electron chi connectivity index (χ2n) is 5.34. The van der Waals surface area contributed by atoms with Crippen molar-refractivity contribution >= 4 is 29.2 Å². The molecule has 1 aliphatic heterocycles. The number of rotatable bonds is 4. The number of para-hydroxylation sites is 2. The maximum Gasteiger partial charge on any atom is 0.422 e. The smallest absolute Gasteiger partial charge is 0.422 e. The molecule has 2 heterocycles. The van der Waals surface area contributed by atoms with Gasteiger partial charge in [-0.2, -0.15) is 18.2 Å². The van der Waals surface area contributed by atoms with Crippen molar-refractivity contribution in [1.82, 2.24) is 9.04 Å². The van der Waals surface area contributed by atoms with Gasteiger partial charge < -0.3 is 9.94 Å². The molecule has 0 fully saturated rings. The predicted molar refractivity (Wildman–Crippen MR) is 91.8 cm³/mol. The zero-order chi connectivity index (χ0) is 18.2. The lowest BCUT2D eigenvalue weighted by molar-refractivity contribution is -0.153. The highest BCUT2D eigenvalue weighted by Gasteiger charge is 2.40. The lowest BCUT2D eigenvalue weighted by Gasteiger charge is -2.34. The lowest BCUT2D eigenvalue weighted by atomic mass is 10.2. The first-order valence-electron chi connectivity index (χ1n) is 7.26. The zero-order valence-corrected chi connectivity index (χ0v) is 14.2. The van der Waals surface area contributed by atoms with Crippen LogP contribution in [0.25, 0.3) is 0 Å². The summed E-state index contributed by atoms with van der Waals surface area (Å²) in [6, 6.07) is 8.23. The number of benzene rings is 1. The molecule has 0 saturated carbocycles. The Bertz CT molecular complexity index is 842. The summed E-state index contributed by atoms with van der Waals surface area (Å²) in [5.41, 5.74) is 1.53. The zero-order valence-electron chi connectivity index (χ0n) is 13.4. The van der Waals surface area contributed by atoms with Gasteiger partial charge in [-0.1, -0.05) is 12.1 Å². The Morgan fingerprint density at radius 1 is 1.24 bits per heavy atom. The molecule has 0 amide bonds. The van der Waals surface area contributed by atoms with Crippen LogP contribution in [0.15, 0.2) is 41.5 Å². The fourth-order valence-corrected chi connectivity index (χ4v) is 3.19. The van der Waals surface area contributed by atoms with E-state index < -0.39 is 16.8 Å². The molecule has 3 rings (SSSR count). The predicted octanol–water partition coefficient (Wildman–Crippen LogP) is 4.51. The summed E-state index contributed by atoms with van der Waals surface area (Å²) >= 11 is 1.00. The summed E-state index contributed by atoms with van der Waals surface area (Å²) < 4.78 is 41.2. The van der Waals surface area contributed by atoms with Crippen LogP contribution in [0.3, 0.4) is 0 Å². The molecule has 25 heavy (non-hydrogen) atoms. The monoisotopic (exact) mass is 369 g/mol. The van der Waals surface area contributed by atoms with Crippen LogP contribution in [-0.4, -0.2) is 29.9 Å². The molecule has 1 aliphatic rings. The third kappa shape index (κ3) is 3.22. The Morgan fingerprint density at radius 2 is 1.96 bits per heavy atom. The molecular formula is C16H14F3N3O2S. The van der Waals surface area contributed by atoms with Gasteiger partial charge in [-0.05, 0) is 19.1 Å². The second kappa shape index (κ2) is 6.32. The SMILES string of the molecule is CS[N+]1([O-])C(c2nccc(OCC(F)(F)F)c2C)=Nc2ccccc21. The van der Waals surface area contributed by atoms with Crippen LogP contribution < -0.4 is 8.79 Å². The minimum Gasteiger partial charge on any atom is -0.608 e. The van der Waals surface area contributed by atoms with Crippen LogP contribution in [0.2, 0.25) is 0 Å². The number of hydrogen-bond donors (Lipinski definition) is 0. The quantitative estimate of drug-likeness (QED) is 0.452. The van der Waals surface area contributed by atoms with Crippen LogP contribution in [0.4, 0.5) is 24.5 Å². The Balaban J connectivity index is 2.03. The van der Waals surface area contributed by atoms with E-state index in [2.05, 4.69) is 9.98 Å². The molecule has 9 heteroatoms. The maximum atomic E-state index is 13.3. The van der Waals surface area contributed by atoms with Gasteiger partial charge in [-0.25, -0.2) is 9.04 Å². The lowest BCUT2D eigenvalue weighted by Crippen LogP contribution is -2.40. The van der Waals surface area contributed by atoms with Crippen LogP contribution in [0, 0.1) is 12.1 Å². The van der Waals surface area contributed by atoms with Gasteiger partial charge in [0.1, 0.15) is 11.4 Å². The fraction of sp³-hybridized carbons (Fsp3) is 0.250. The van der Waals surface area contributed by atoms with Gasteiger partial charge in [0.2, 0.25) is 0 Å². The molecule has 0 saturated heterocycles. The van der Waals surface area contributed by atoms with Crippen molar-refractivity contribution in [3.05, 3.63) is 53.0 Å². The maximum absolute atomic E-state index is 13.3. The number of hydroxylamine groups is 1. The summed E-state index contributed by atoms with van der Waals surface area (Å²) in [6.45, 7) is 0.147. The number of nitrogens with zero attached hydrogens (tertiary/aromatic N) is 3. The van der Waals surface area contributed by atoms with Crippen molar-refractivity contribution in [2.75, 3.05) is 12.9 Å². The highest BCUT2D eigenvalue weighted by molar-refractivity contribution is 7.98. The van der Waals surface area contributed by atoms with E-state index in [0.29, 0.717) is 16.9 Å². The Kier molecular flexibility index (Phi) is 4.48. The molecule has 1 unspecified atom stereocenters. The van der Waals surface area contributed by atoms with E-state index in [0.717, 1.165) is 11.9 Å². The molecule has 0 aliphatic carbocycles. The van der Waals surface area contributed by atoms with Gasteiger partial charge in [-0.3, -0.25) is 0 Å². The van der Waals surface area contributed by atoms with Crippen LogP contribution in [-0.2, 0) is 0 Å². The summed E-state index contributed by atoms with van der Waals surface area (Å²) in [5.74, 6) is 0.136. The number of fused-ring (bicyclic) bond motifs is 1. The molecule has 5 nitrogen and oxygen atoms in total. The molecule has 0 spiro atoms. The average molecular weight is 369 g/mol. The first-order valence-corrected chi connectivity index (χ1v) is 8.44. The number of amidine groups is 1. The topological polar surface area (TPSA) is 57.5 Å². The molecule has 1 atom stereocenters. The van der Waals surface area contributed by atoms with Gasteiger partial charge in [-0.15, -0.1) is 0 Å². The molecular weight excluding hydrogens is 355 g/mol. The van der Waals surface area contributed by atoms with Crippen molar-refractivity contribution in [2.45, 2.75) is 13.1 Å². The van der Waals surface area contributed by atoms with Gasteiger partial charge in [0.05, 0.1) is 11.9 Å². The van der Waals surface area contributed by atoms with Crippen molar-refractivity contribution in [1.29, 1.82) is 0 Å². The van der Waals surface area contributed by atoms with Crippen molar-refractivity contribution in [3.8, 4) is 5.75 Å². The normalized spacial score (nSPS) is 19.5. The summed E-state index contributed by atoms with van der Waals surface area (Å²) in [4.78, 5) is 8.54. The molecule has 0 radical (unpaired) electrons. The van der Waals surface area contributed by atoms with Crippen molar-refractivity contribution in [3.63, 3.8) is 0 Å². The number of halogens is 3. The third-order valence-corrected chi connectivity index (χ3v) is 4.60. The first-order chi connectivity index (χ1) is 11.8. The molecule has 1 aromatic heterocycles. The highest BCUT2D eigenvalue weighted by atomic mass is 32.2. The number of quaternary nitrogens is 1. The number of hydrogen-bond acceptors (Lipinski definition) is 5. The average Bonchev–Trinajstić information content (AvgIpc) is 2.87. The number of pyridine rings is 1. The van der Waals surface area contributed by atoms with Gasteiger partial charge in [0.15, 0.2) is 18.0 Å². The standard InChI is InChI=1S/C16H14F3N3O2S/c1-10-13(24-9-16(17,18)19)7-8-20-14(10)15-21-11-5-3-4-6-12(11)22(15,23)25-2/h3-8H,9H2,1-2H3. The van der Waals surface area contributed by atoms with Gasteiger partial charge in [0.25, 0.3) is 5.84 Å². The van der Waals surface area contributed by atoms with Crippen molar-refractivity contribution < 1.29 is 17.9 Å². The first kappa shape index (κ1) is 17.7. The largest absolute Gasteiger partial charge is 0.608 e. The highest BCUT2D eigenvalue weighted by Crippen LogP contribution is 2.46. The third-order valence-electron chi connectivity index (χ3n) is 3.72. The van der Waals surface area contributed by atoms with E-state index in [-0.39, 0.29) is 17.3 Å². The van der Waals surface area contributed by atoms with E-state index in [9.17, 15) is 18.4 Å². The van der Waals surface area contributed by atoms with Crippen molar-refractivity contribution in [2.24, 2.45) is 4.99 Å². The number of ether oxygens (including phenoxy) is 1. The molecule has 0 bridgehead atoms. The minimum absolute atomic E-state index is 0.0219. The molecule has 0 N–H and O–H groups in total. The van der Waals surface area contributed by atoms with E-state index in [1.165, 1.54) is 12.3 Å². The molecule has 132 valence electrons. The summed E-state index contributed by atoms with van der Waals surface area (Å²) in [6.07, 6.45) is -1.50. The van der Waals surface area contributed by atoms with E-state index in [4.69, 9.17) is 4.74 Å². The molecule has 1 aromatic carbocycles. The Morgan fingerprint density at radius 3 is 2.64 bits per heavy atom. The van der Waals surface area contributed by atoms with Gasteiger partial charge >= 0.3 is 6.18 Å². The number of alkyl halides is 3. The second-order valence-corrected chi connectivity index (χ2v) is 6.22. The van der Waals surface area contributed by atoms with Crippen LogP contribution in [0.5, 0.6) is 5.75 Å². The summed E-state index contributed by atoms with van der Waals surface area (Å²) in [5, 5.41) is 13.3. The van der Waals surface area contributed by atoms with Crippen LogP contribution >= 0.6 is 11.9 Å². The fourth-order valence-electron chi connectivity index (χ4n) is 2.54. The Hall–Kier alpha value is -2.10. The van der Waals surface area contributed by atoms with E-state index in [1.54, 1.807) is 37.4 Å². The van der Waals surface area contributed by atoms with Gasteiger partial charge in [0, 0.05) is 24.1 Å². The number of aliphatic imine (C=N–C) groups is 1. The summed E-state index contributed by atoms with van der Waals surface area (Å²) in [7, 11) is 0. The van der Waals surface area contributed by atoms with Crippen LogP contribution in [0.1, 0.15) is 11.3 Å².